The molecule has 0 unspecified atom stereocenters. The Morgan fingerprint density at radius 3 is 2.80 bits per heavy atom. The van der Waals surface area contributed by atoms with Crippen LogP contribution in [0.2, 0.25) is 0 Å². The first-order valence-corrected chi connectivity index (χ1v) is 5.99. The Morgan fingerprint density at radius 2 is 2.10 bits per heavy atom. The summed E-state index contributed by atoms with van der Waals surface area (Å²) in [7, 11) is 0. The number of carbonyl (C=O) groups excluding carboxylic acids is 1. The van der Waals surface area contributed by atoms with Gasteiger partial charge in [0, 0.05) is 6.20 Å². The Balaban J connectivity index is 2.02. The van der Waals surface area contributed by atoms with Gasteiger partial charge < -0.3 is 15.3 Å². The highest BCUT2D eigenvalue weighted by Gasteiger charge is 2.00. The van der Waals surface area contributed by atoms with E-state index in [2.05, 4.69) is 4.98 Å². The second-order valence-corrected chi connectivity index (χ2v) is 4.02. The van der Waals surface area contributed by atoms with E-state index in [0.29, 0.717) is 11.5 Å². The first-order valence-electron chi connectivity index (χ1n) is 5.99. The topological polar surface area (TPSA) is 89.4 Å². The van der Waals surface area contributed by atoms with Crippen molar-refractivity contribution in [3.05, 3.63) is 65.4 Å². The van der Waals surface area contributed by atoms with Gasteiger partial charge in [-0.15, -0.1) is 0 Å². The molecule has 2 aromatic heterocycles. The van der Waals surface area contributed by atoms with E-state index in [4.69, 9.17) is 15.3 Å². The van der Waals surface area contributed by atoms with Crippen LogP contribution in [-0.2, 0) is 6.61 Å². The minimum atomic E-state index is -0.553. The summed E-state index contributed by atoms with van der Waals surface area (Å²) in [6.07, 6.45) is 8.72. The number of allylic oxidation sites excluding steroid dienone is 2. The second-order valence-electron chi connectivity index (χ2n) is 4.02. The van der Waals surface area contributed by atoms with Crippen molar-refractivity contribution in [3.8, 4) is 0 Å². The van der Waals surface area contributed by atoms with Gasteiger partial charge in [0.25, 0.3) is 5.91 Å². The van der Waals surface area contributed by atoms with E-state index in [9.17, 15) is 4.79 Å². The van der Waals surface area contributed by atoms with Gasteiger partial charge in [-0.3, -0.25) is 9.78 Å². The molecule has 5 heteroatoms. The molecule has 2 aromatic rings. The molecule has 2 rings (SSSR count). The van der Waals surface area contributed by atoms with Crippen molar-refractivity contribution in [2.75, 3.05) is 0 Å². The SMILES string of the molecule is NC(=O)c1cc(C=CC=Cc2ccc(CO)o2)ccn1. The molecular formula is C15H14N2O3. The van der Waals surface area contributed by atoms with Crippen molar-refractivity contribution in [1.29, 1.82) is 0 Å². The molecule has 0 fully saturated rings. The van der Waals surface area contributed by atoms with Crippen LogP contribution in [0, 0.1) is 0 Å². The van der Waals surface area contributed by atoms with Gasteiger partial charge in [-0.1, -0.05) is 18.2 Å². The fourth-order valence-electron chi connectivity index (χ4n) is 1.57. The summed E-state index contributed by atoms with van der Waals surface area (Å²) < 4.78 is 5.29. The number of nitrogens with zero attached hydrogens (tertiary/aromatic N) is 1. The van der Waals surface area contributed by atoms with E-state index in [-0.39, 0.29) is 12.3 Å². The van der Waals surface area contributed by atoms with Gasteiger partial charge in [0.05, 0.1) is 0 Å². The summed E-state index contributed by atoms with van der Waals surface area (Å²) in [5.74, 6) is 0.628. The number of carbonyl (C=O) groups is 1. The first kappa shape index (κ1) is 13.8. The Hall–Kier alpha value is -2.66. The Kier molecular flexibility index (Phi) is 4.47. The molecule has 0 atom stereocenters. The van der Waals surface area contributed by atoms with Crippen molar-refractivity contribution < 1.29 is 14.3 Å². The third-order valence-electron chi connectivity index (χ3n) is 2.53. The third-order valence-corrected chi connectivity index (χ3v) is 2.53. The molecule has 0 aromatic carbocycles. The number of nitrogens with two attached hydrogens (primary N) is 1. The fourth-order valence-corrected chi connectivity index (χ4v) is 1.57. The van der Waals surface area contributed by atoms with E-state index >= 15 is 0 Å². The van der Waals surface area contributed by atoms with Crippen molar-refractivity contribution in [2.45, 2.75) is 6.61 Å². The van der Waals surface area contributed by atoms with Crippen LogP contribution in [0.15, 0.2) is 47.0 Å². The zero-order valence-corrected chi connectivity index (χ0v) is 10.7. The number of rotatable bonds is 5. The number of hydrogen-bond donors (Lipinski definition) is 2. The Labute approximate surface area is 116 Å². The minimum absolute atomic E-state index is 0.114. The number of amides is 1. The molecule has 102 valence electrons. The number of furan rings is 1. The molecule has 0 aliphatic rings. The molecule has 2 heterocycles. The molecule has 5 nitrogen and oxygen atoms in total. The maximum Gasteiger partial charge on any atom is 0.267 e. The largest absolute Gasteiger partial charge is 0.459 e. The molecule has 0 radical (unpaired) electrons. The Morgan fingerprint density at radius 1 is 1.30 bits per heavy atom. The number of aliphatic hydroxyl groups excluding tert-OH is 1. The monoisotopic (exact) mass is 270 g/mol. The number of hydrogen-bond acceptors (Lipinski definition) is 4. The van der Waals surface area contributed by atoms with Gasteiger partial charge in [-0.25, -0.2) is 0 Å². The number of aliphatic hydroxyl groups is 1. The lowest BCUT2D eigenvalue weighted by Gasteiger charge is -1.95. The van der Waals surface area contributed by atoms with Crippen molar-refractivity contribution in [2.24, 2.45) is 5.73 Å². The van der Waals surface area contributed by atoms with E-state index in [1.165, 1.54) is 6.20 Å². The zero-order valence-electron chi connectivity index (χ0n) is 10.7. The summed E-state index contributed by atoms with van der Waals surface area (Å²) in [5, 5.41) is 8.87. The van der Waals surface area contributed by atoms with Crippen LogP contribution in [0.25, 0.3) is 12.2 Å². The lowest BCUT2D eigenvalue weighted by molar-refractivity contribution is 0.0995. The van der Waals surface area contributed by atoms with E-state index in [1.807, 2.05) is 6.08 Å². The normalized spacial score (nSPS) is 11.4. The van der Waals surface area contributed by atoms with Crippen LogP contribution in [-0.4, -0.2) is 16.0 Å². The minimum Gasteiger partial charge on any atom is -0.459 e. The summed E-state index contributed by atoms with van der Waals surface area (Å²) >= 11 is 0. The maximum atomic E-state index is 11.0. The van der Waals surface area contributed by atoms with Crippen LogP contribution < -0.4 is 5.73 Å². The molecule has 3 N–H and O–H groups in total. The second kappa shape index (κ2) is 6.49. The number of pyridine rings is 1. The summed E-state index contributed by atoms with van der Waals surface area (Å²) in [6, 6.07) is 6.87. The van der Waals surface area contributed by atoms with Gasteiger partial charge >= 0.3 is 0 Å². The van der Waals surface area contributed by atoms with Crippen LogP contribution in [0.1, 0.15) is 27.6 Å². The van der Waals surface area contributed by atoms with Crippen molar-refractivity contribution in [3.63, 3.8) is 0 Å². The van der Waals surface area contributed by atoms with E-state index < -0.39 is 5.91 Å². The van der Waals surface area contributed by atoms with Gasteiger partial charge in [0.15, 0.2) is 0 Å². The predicted molar refractivity (Wildman–Crippen MR) is 75.5 cm³/mol. The van der Waals surface area contributed by atoms with Gasteiger partial charge in [0.1, 0.15) is 23.8 Å². The number of aromatic nitrogens is 1. The molecule has 0 bridgehead atoms. The molecular weight excluding hydrogens is 256 g/mol. The van der Waals surface area contributed by atoms with Crippen LogP contribution in [0.4, 0.5) is 0 Å². The number of primary amides is 1. The van der Waals surface area contributed by atoms with Crippen LogP contribution in [0.5, 0.6) is 0 Å². The maximum absolute atomic E-state index is 11.0. The van der Waals surface area contributed by atoms with Gasteiger partial charge in [0.2, 0.25) is 0 Å². The lowest BCUT2D eigenvalue weighted by atomic mass is 10.2. The van der Waals surface area contributed by atoms with Crippen LogP contribution >= 0.6 is 0 Å². The first-order chi connectivity index (χ1) is 9.69. The molecule has 0 saturated carbocycles. The smallest absolute Gasteiger partial charge is 0.267 e. The standard InChI is InChI=1S/C15H14N2O3/c16-15(19)14-9-11(7-8-17-14)3-1-2-4-12-5-6-13(10-18)20-12/h1-9,18H,10H2,(H2,16,19). The quantitative estimate of drug-likeness (QED) is 0.813. The van der Waals surface area contributed by atoms with Crippen LogP contribution in [0.3, 0.4) is 0 Å². The lowest BCUT2D eigenvalue weighted by Crippen LogP contribution is -2.12. The fraction of sp³-hybridized carbons (Fsp3) is 0.0667. The average molecular weight is 270 g/mol. The Bertz CT molecular complexity index is 657. The highest BCUT2D eigenvalue weighted by Crippen LogP contribution is 2.10. The van der Waals surface area contributed by atoms with Gasteiger partial charge in [-0.2, -0.15) is 0 Å². The van der Waals surface area contributed by atoms with E-state index in [1.54, 1.807) is 42.5 Å². The molecule has 0 spiro atoms. The van der Waals surface area contributed by atoms with Crippen molar-refractivity contribution >= 4 is 18.1 Å². The third kappa shape index (κ3) is 3.66. The summed E-state index contributed by atoms with van der Waals surface area (Å²) in [6.45, 7) is -0.114. The average Bonchev–Trinajstić information content (AvgIpc) is 2.92. The molecule has 20 heavy (non-hydrogen) atoms. The van der Waals surface area contributed by atoms with Crippen molar-refractivity contribution in [1.82, 2.24) is 4.98 Å². The summed E-state index contributed by atoms with van der Waals surface area (Å²) in [5.41, 5.74) is 6.22. The highest BCUT2D eigenvalue weighted by molar-refractivity contribution is 5.91. The molecule has 0 aliphatic carbocycles. The zero-order chi connectivity index (χ0) is 14.4. The molecule has 0 saturated heterocycles. The predicted octanol–water partition coefficient (Wildman–Crippen LogP) is 1.99. The summed E-state index contributed by atoms with van der Waals surface area (Å²) in [4.78, 5) is 14.8. The molecule has 0 aliphatic heterocycles. The highest BCUT2D eigenvalue weighted by atomic mass is 16.4. The molecule has 1 amide bonds. The van der Waals surface area contributed by atoms with Gasteiger partial charge in [-0.05, 0) is 35.9 Å². The van der Waals surface area contributed by atoms with E-state index in [0.717, 1.165) is 5.56 Å².